The summed E-state index contributed by atoms with van der Waals surface area (Å²) in [6.07, 6.45) is 3.47. The highest BCUT2D eigenvalue weighted by Gasteiger charge is 2.39. The molecule has 0 saturated carbocycles. The largest absolute Gasteiger partial charge is 0.340 e. The highest BCUT2D eigenvalue weighted by molar-refractivity contribution is 7.90. The van der Waals surface area contributed by atoms with Crippen molar-refractivity contribution in [1.82, 2.24) is 4.67 Å². The molecule has 0 aromatic rings. The third-order valence-corrected chi connectivity index (χ3v) is 4.65. The summed E-state index contributed by atoms with van der Waals surface area (Å²) in [6.45, 7) is 1.07. The molecular weight excluding hydrogens is 209 g/mol. The number of rotatable bonds is 2. The highest BCUT2D eigenvalue weighted by Crippen LogP contribution is 2.41. The fourth-order valence-electron chi connectivity index (χ4n) is 1.95. The molecule has 13 heavy (non-hydrogen) atoms. The van der Waals surface area contributed by atoms with E-state index >= 15 is 0 Å². The van der Waals surface area contributed by atoms with E-state index in [1.807, 2.05) is 0 Å². The first-order chi connectivity index (χ1) is 6.06. The Labute approximate surface area is 80.5 Å². The van der Waals surface area contributed by atoms with Gasteiger partial charge in [0.05, 0.1) is 20.8 Å². The summed E-state index contributed by atoms with van der Waals surface area (Å²) in [5.74, 6) is 0.182. The molecule has 0 aromatic carbocycles. The molecule has 3 atom stereocenters. The zero-order chi connectivity index (χ0) is 9.47. The Morgan fingerprint density at radius 2 is 2.38 bits per heavy atom. The van der Waals surface area contributed by atoms with Gasteiger partial charge in [0.25, 0.3) is 0 Å². The molecule has 6 heteroatoms. The van der Waals surface area contributed by atoms with Gasteiger partial charge in [0, 0.05) is 18.8 Å². The summed E-state index contributed by atoms with van der Waals surface area (Å²) >= 11 is 0. The van der Waals surface area contributed by atoms with Crippen LogP contribution in [-0.2, 0) is 14.4 Å². The Kier molecular flexibility index (Phi) is 2.62. The molecule has 0 amide bonds. The van der Waals surface area contributed by atoms with Crippen LogP contribution in [-0.4, -0.2) is 43.8 Å². The normalized spacial score (nSPS) is 37.0. The van der Waals surface area contributed by atoms with E-state index in [0.29, 0.717) is 15.0 Å². The second kappa shape index (κ2) is 3.46. The van der Waals surface area contributed by atoms with Gasteiger partial charge in [-0.2, -0.15) is 0 Å². The smallest absolute Gasteiger partial charge is 0.150 e. The average Bonchev–Trinajstić information content (AvgIpc) is 2.50. The van der Waals surface area contributed by atoms with Gasteiger partial charge >= 0.3 is 0 Å². The molecule has 2 aliphatic rings. The number of hydrogen-bond donors (Lipinski definition) is 0. The van der Waals surface area contributed by atoms with Crippen LogP contribution in [0.25, 0.3) is 0 Å². The molecule has 0 spiro atoms. The van der Waals surface area contributed by atoms with E-state index in [2.05, 4.69) is 4.67 Å². The summed E-state index contributed by atoms with van der Waals surface area (Å²) in [5, 5.41) is 0. The van der Waals surface area contributed by atoms with Gasteiger partial charge in [-0.1, -0.05) is 0 Å². The van der Waals surface area contributed by atoms with Gasteiger partial charge in [0.15, 0.2) is 0 Å². The SMILES string of the molecule is CS(=O)(=O)C[C@H]1OPN2CCC[C@@H]12. The Morgan fingerprint density at radius 1 is 1.62 bits per heavy atom. The van der Waals surface area contributed by atoms with Crippen molar-refractivity contribution in [3.05, 3.63) is 0 Å². The first-order valence-corrected chi connectivity index (χ1v) is 7.33. The van der Waals surface area contributed by atoms with Gasteiger partial charge in [-0.3, -0.25) is 4.67 Å². The molecule has 2 heterocycles. The van der Waals surface area contributed by atoms with Crippen LogP contribution in [0.5, 0.6) is 0 Å². The van der Waals surface area contributed by atoms with Gasteiger partial charge in [0.2, 0.25) is 0 Å². The summed E-state index contributed by atoms with van der Waals surface area (Å²) in [6, 6.07) is 0.369. The van der Waals surface area contributed by atoms with Gasteiger partial charge in [0.1, 0.15) is 9.84 Å². The Bertz CT molecular complexity index is 292. The molecular formula is C7H14NO3PS. The fourth-order valence-corrected chi connectivity index (χ4v) is 4.15. The molecule has 0 bridgehead atoms. The second-order valence-electron chi connectivity index (χ2n) is 3.74. The maximum atomic E-state index is 11.1. The lowest BCUT2D eigenvalue weighted by molar-refractivity contribution is 0.236. The van der Waals surface area contributed by atoms with Crippen LogP contribution in [0.4, 0.5) is 0 Å². The van der Waals surface area contributed by atoms with E-state index in [1.165, 1.54) is 12.7 Å². The van der Waals surface area contributed by atoms with Crippen molar-refractivity contribution in [3.8, 4) is 0 Å². The van der Waals surface area contributed by atoms with E-state index in [9.17, 15) is 8.42 Å². The van der Waals surface area contributed by atoms with Crippen LogP contribution in [0.15, 0.2) is 0 Å². The topological polar surface area (TPSA) is 46.6 Å². The lowest BCUT2D eigenvalue weighted by Gasteiger charge is -2.15. The first kappa shape index (κ1) is 9.84. The standard InChI is InChI=1S/C7H14NO3PS/c1-13(9,10)5-7-6-3-2-4-8(6)12-11-7/h6-7,12H,2-5H2,1H3/t6-,7+/m0/s1. The number of hydrogen-bond acceptors (Lipinski definition) is 4. The predicted molar refractivity (Wildman–Crippen MR) is 52.6 cm³/mol. The Balaban J connectivity index is 2.01. The van der Waals surface area contributed by atoms with E-state index in [4.69, 9.17) is 4.52 Å². The lowest BCUT2D eigenvalue weighted by Crippen LogP contribution is -2.33. The maximum absolute atomic E-state index is 11.1. The van der Waals surface area contributed by atoms with Crippen LogP contribution in [0.2, 0.25) is 0 Å². The van der Waals surface area contributed by atoms with Gasteiger partial charge < -0.3 is 4.52 Å². The molecule has 0 aliphatic carbocycles. The maximum Gasteiger partial charge on any atom is 0.150 e. The minimum Gasteiger partial charge on any atom is -0.340 e. The summed E-state index contributed by atoms with van der Waals surface area (Å²) in [7, 11) is -2.52. The molecule has 1 unspecified atom stereocenters. The van der Waals surface area contributed by atoms with E-state index < -0.39 is 9.84 Å². The zero-order valence-electron chi connectivity index (χ0n) is 7.56. The summed E-state index contributed by atoms with van der Waals surface area (Å²) in [5.41, 5.74) is 0. The molecule has 4 nitrogen and oxygen atoms in total. The molecule has 0 radical (unpaired) electrons. The van der Waals surface area contributed by atoms with Crippen LogP contribution < -0.4 is 0 Å². The molecule has 0 N–H and O–H groups in total. The van der Waals surface area contributed by atoms with E-state index in [0.717, 1.165) is 13.0 Å². The van der Waals surface area contributed by atoms with Crippen LogP contribution >= 0.6 is 8.96 Å². The lowest BCUT2D eigenvalue weighted by atomic mass is 10.1. The monoisotopic (exact) mass is 223 g/mol. The fraction of sp³-hybridized carbons (Fsp3) is 1.00. The molecule has 0 aromatic heterocycles. The summed E-state index contributed by atoms with van der Waals surface area (Å²) in [4.78, 5) is 0. The molecule has 2 fully saturated rings. The highest BCUT2D eigenvalue weighted by atomic mass is 32.2. The van der Waals surface area contributed by atoms with Crippen molar-refractivity contribution in [2.75, 3.05) is 18.6 Å². The van der Waals surface area contributed by atoms with Gasteiger partial charge in [-0.15, -0.1) is 0 Å². The third kappa shape index (κ3) is 2.21. The van der Waals surface area contributed by atoms with Gasteiger partial charge in [-0.25, -0.2) is 8.42 Å². The van der Waals surface area contributed by atoms with Crippen molar-refractivity contribution < 1.29 is 12.9 Å². The van der Waals surface area contributed by atoms with Crippen LogP contribution in [0.3, 0.4) is 0 Å². The average molecular weight is 223 g/mol. The quantitative estimate of drug-likeness (QED) is 0.636. The van der Waals surface area contributed by atoms with Crippen LogP contribution in [0.1, 0.15) is 12.8 Å². The van der Waals surface area contributed by atoms with Crippen LogP contribution in [0, 0.1) is 0 Å². The minimum absolute atomic E-state index is 0.0733. The predicted octanol–water partition coefficient (Wildman–Crippen LogP) is 0.403. The number of fused-ring (bicyclic) bond motifs is 1. The Hall–Kier alpha value is 0.300. The van der Waals surface area contributed by atoms with Crippen molar-refractivity contribution in [2.45, 2.75) is 25.0 Å². The van der Waals surface area contributed by atoms with Gasteiger partial charge in [-0.05, 0) is 12.8 Å². The molecule has 76 valence electrons. The Morgan fingerprint density at radius 3 is 3.08 bits per heavy atom. The van der Waals surface area contributed by atoms with Crippen molar-refractivity contribution in [2.24, 2.45) is 0 Å². The van der Waals surface area contributed by atoms with Crippen molar-refractivity contribution in [3.63, 3.8) is 0 Å². The zero-order valence-corrected chi connectivity index (χ0v) is 9.38. The molecule has 2 aliphatic heterocycles. The van der Waals surface area contributed by atoms with E-state index in [-0.39, 0.29) is 11.9 Å². The second-order valence-corrected chi connectivity index (χ2v) is 6.92. The third-order valence-electron chi connectivity index (χ3n) is 2.52. The van der Waals surface area contributed by atoms with Crippen molar-refractivity contribution in [1.29, 1.82) is 0 Å². The molecule has 2 saturated heterocycles. The number of sulfone groups is 1. The van der Waals surface area contributed by atoms with Crippen molar-refractivity contribution >= 4 is 18.8 Å². The molecule has 2 rings (SSSR count). The minimum atomic E-state index is -2.89. The summed E-state index contributed by atoms with van der Waals surface area (Å²) < 4.78 is 29.9. The first-order valence-electron chi connectivity index (χ1n) is 4.42. The number of nitrogens with zero attached hydrogens (tertiary/aromatic N) is 1. The van der Waals surface area contributed by atoms with E-state index in [1.54, 1.807) is 0 Å².